The summed E-state index contributed by atoms with van der Waals surface area (Å²) in [6.45, 7) is 6.75. The molecule has 5 heterocycles. The molecule has 3 aromatic rings. The van der Waals surface area contributed by atoms with Gasteiger partial charge in [-0.15, -0.1) is 6.58 Å². The Hall–Kier alpha value is -2.76. The molecule has 31 heavy (non-hydrogen) atoms. The SMILES string of the molecule is C=C[C@H]1CN2CC[C@H]1C[C@H]2[C@H](OCc1ccccn1)c1ccnc2ccc(OC)cc12. The summed E-state index contributed by atoms with van der Waals surface area (Å²) in [6, 6.07) is 14.5. The molecule has 5 atom stereocenters. The summed E-state index contributed by atoms with van der Waals surface area (Å²) in [5, 5.41) is 1.09. The Morgan fingerprint density at radius 3 is 2.87 bits per heavy atom. The van der Waals surface area contributed by atoms with Crippen LogP contribution in [0, 0.1) is 11.8 Å². The van der Waals surface area contributed by atoms with Gasteiger partial charge in [0.2, 0.25) is 0 Å². The molecule has 3 aliphatic heterocycles. The molecule has 0 aliphatic carbocycles. The molecule has 1 unspecified atom stereocenters. The second kappa shape index (κ2) is 8.77. The first-order chi connectivity index (χ1) is 15.3. The molecule has 3 fully saturated rings. The number of fused-ring (bicyclic) bond motifs is 4. The normalized spacial score (nSPS) is 26.0. The van der Waals surface area contributed by atoms with Gasteiger partial charge in [0.25, 0.3) is 0 Å². The zero-order valence-corrected chi connectivity index (χ0v) is 18.0. The van der Waals surface area contributed by atoms with E-state index in [4.69, 9.17) is 9.47 Å². The number of piperidine rings is 3. The number of aromatic nitrogens is 2. The first-order valence-corrected chi connectivity index (χ1v) is 11.1. The first-order valence-electron chi connectivity index (χ1n) is 11.1. The van der Waals surface area contributed by atoms with Crippen molar-refractivity contribution in [2.45, 2.75) is 31.6 Å². The molecule has 3 aliphatic rings. The number of ether oxygens (including phenoxy) is 2. The lowest BCUT2D eigenvalue weighted by atomic mass is 9.73. The maximum absolute atomic E-state index is 6.66. The summed E-state index contributed by atoms with van der Waals surface area (Å²) in [6.07, 6.45) is 8.16. The van der Waals surface area contributed by atoms with Gasteiger partial charge in [-0.3, -0.25) is 14.9 Å². The molecule has 0 spiro atoms. The lowest BCUT2D eigenvalue weighted by molar-refractivity contribution is -0.0809. The molecule has 2 bridgehead atoms. The molecule has 0 radical (unpaired) electrons. The van der Waals surface area contributed by atoms with Gasteiger partial charge in [-0.1, -0.05) is 12.1 Å². The lowest BCUT2D eigenvalue weighted by Gasteiger charge is -2.51. The van der Waals surface area contributed by atoms with Crippen molar-refractivity contribution in [1.82, 2.24) is 14.9 Å². The van der Waals surface area contributed by atoms with Crippen molar-refractivity contribution in [1.29, 1.82) is 0 Å². The van der Waals surface area contributed by atoms with Crippen LogP contribution in [0.15, 0.2) is 67.5 Å². The third kappa shape index (κ3) is 3.95. The summed E-state index contributed by atoms with van der Waals surface area (Å²) in [5.41, 5.74) is 3.08. The van der Waals surface area contributed by atoms with E-state index in [1.54, 1.807) is 7.11 Å². The highest BCUT2D eigenvalue weighted by molar-refractivity contribution is 5.84. The Labute approximate surface area is 183 Å². The van der Waals surface area contributed by atoms with Gasteiger partial charge >= 0.3 is 0 Å². The Morgan fingerprint density at radius 1 is 1.19 bits per heavy atom. The summed E-state index contributed by atoms with van der Waals surface area (Å²) >= 11 is 0. The van der Waals surface area contributed by atoms with Crippen LogP contribution < -0.4 is 4.74 Å². The zero-order chi connectivity index (χ0) is 21.2. The Morgan fingerprint density at radius 2 is 2.13 bits per heavy atom. The van der Waals surface area contributed by atoms with E-state index >= 15 is 0 Å². The van der Waals surface area contributed by atoms with Gasteiger partial charge in [0.1, 0.15) is 5.75 Å². The van der Waals surface area contributed by atoms with E-state index in [1.807, 2.05) is 42.7 Å². The van der Waals surface area contributed by atoms with Gasteiger partial charge in [-0.25, -0.2) is 0 Å². The number of pyridine rings is 2. The van der Waals surface area contributed by atoms with Crippen molar-refractivity contribution in [3.8, 4) is 5.75 Å². The van der Waals surface area contributed by atoms with Crippen molar-refractivity contribution < 1.29 is 9.47 Å². The third-order valence-electron chi connectivity index (χ3n) is 6.93. The average molecular weight is 416 g/mol. The van der Waals surface area contributed by atoms with Crippen molar-refractivity contribution in [2.24, 2.45) is 11.8 Å². The number of nitrogens with zero attached hydrogens (tertiary/aromatic N) is 3. The minimum Gasteiger partial charge on any atom is -0.497 e. The molecule has 160 valence electrons. The first kappa shape index (κ1) is 20.2. The quantitative estimate of drug-likeness (QED) is 0.519. The molecule has 1 aromatic carbocycles. The third-order valence-corrected chi connectivity index (χ3v) is 6.93. The van der Waals surface area contributed by atoms with Crippen molar-refractivity contribution in [3.05, 3.63) is 78.8 Å². The lowest BCUT2D eigenvalue weighted by Crippen LogP contribution is -2.55. The number of methoxy groups -OCH3 is 1. The number of benzene rings is 1. The van der Waals surface area contributed by atoms with Crippen LogP contribution in [0.25, 0.3) is 10.9 Å². The molecule has 0 saturated carbocycles. The van der Waals surface area contributed by atoms with E-state index in [0.29, 0.717) is 24.5 Å². The topological polar surface area (TPSA) is 47.5 Å². The van der Waals surface area contributed by atoms with Gasteiger partial charge in [-0.05, 0) is 73.2 Å². The summed E-state index contributed by atoms with van der Waals surface area (Å²) < 4.78 is 12.2. The van der Waals surface area contributed by atoms with Gasteiger partial charge in [-0.2, -0.15) is 0 Å². The highest BCUT2D eigenvalue weighted by atomic mass is 16.5. The molecular weight excluding hydrogens is 386 g/mol. The molecule has 5 nitrogen and oxygen atoms in total. The summed E-state index contributed by atoms with van der Waals surface area (Å²) in [4.78, 5) is 11.7. The number of hydrogen-bond donors (Lipinski definition) is 0. The minimum absolute atomic E-state index is 0.0619. The van der Waals surface area contributed by atoms with Crippen LogP contribution in [0.1, 0.15) is 30.2 Å². The van der Waals surface area contributed by atoms with Crippen LogP contribution >= 0.6 is 0 Å². The van der Waals surface area contributed by atoms with Gasteiger partial charge in [0.15, 0.2) is 0 Å². The Kier molecular flexibility index (Phi) is 5.70. The van der Waals surface area contributed by atoms with E-state index in [0.717, 1.165) is 41.9 Å². The molecule has 5 heteroatoms. The summed E-state index contributed by atoms with van der Waals surface area (Å²) in [7, 11) is 1.70. The van der Waals surface area contributed by atoms with Gasteiger partial charge in [0, 0.05) is 30.4 Å². The van der Waals surface area contributed by atoms with Crippen LogP contribution in [0.2, 0.25) is 0 Å². The Balaban J connectivity index is 1.53. The van der Waals surface area contributed by atoms with E-state index in [9.17, 15) is 0 Å². The van der Waals surface area contributed by atoms with Gasteiger partial charge in [0.05, 0.1) is 31.0 Å². The predicted octanol–water partition coefficient (Wildman–Crippen LogP) is 4.79. The fourth-order valence-corrected chi connectivity index (χ4v) is 5.28. The number of rotatable bonds is 7. The fraction of sp³-hybridized carbons (Fsp3) is 0.385. The van der Waals surface area contributed by atoms with Crippen LogP contribution in [0.4, 0.5) is 0 Å². The van der Waals surface area contributed by atoms with Crippen LogP contribution in [-0.2, 0) is 11.3 Å². The van der Waals surface area contributed by atoms with E-state index in [2.05, 4.69) is 39.7 Å². The standard InChI is InChI=1S/C26H29N3O2/c1-3-18-16-29-13-10-19(18)14-25(29)26(31-17-20-6-4-5-11-27-20)22-9-12-28-24-8-7-21(30-2)15-23(22)24/h3-9,11-12,15,18-19,25-26H,1,10,13-14,16-17H2,2H3/t18-,19-,25-,26+/m0/s1. The zero-order valence-electron chi connectivity index (χ0n) is 18.0. The fourth-order valence-electron chi connectivity index (χ4n) is 5.28. The average Bonchev–Trinajstić information content (AvgIpc) is 2.85. The maximum Gasteiger partial charge on any atom is 0.119 e. The van der Waals surface area contributed by atoms with Crippen molar-refractivity contribution in [2.75, 3.05) is 20.2 Å². The largest absolute Gasteiger partial charge is 0.497 e. The van der Waals surface area contributed by atoms with Crippen LogP contribution in [0.5, 0.6) is 5.75 Å². The molecular formula is C26H29N3O2. The molecule has 3 saturated heterocycles. The number of hydrogen-bond acceptors (Lipinski definition) is 5. The smallest absolute Gasteiger partial charge is 0.119 e. The van der Waals surface area contributed by atoms with Gasteiger partial charge < -0.3 is 9.47 Å². The van der Waals surface area contributed by atoms with Crippen molar-refractivity contribution in [3.63, 3.8) is 0 Å². The predicted molar refractivity (Wildman–Crippen MR) is 122 cm³/mol. The van der Waals surface area contributed by atoms with E-state index in [1.165, 1.54) is 12.0 Å². The molecule has 2 aromatic heterocycles. The second-order valence-corrected chi connectivity index (χ2v) is 8.58. The monoisotopic (exact) mass is 415 g/mol. The van der Waals surface area contributed by atoms with Crippen LogP contribution in [-0.4, -0.2) is 41.1 Å². The summed E-state index contributed by atoms with van der Waals surface area (Å²) in [5.74, 6) is 2.09. The highest BCUT2D eigenvalue weighted by Crippen LogP contribution is 2.43. The Bertz CT molecular complexity index is 1050. The second-order valence-electron chi connectivity index (χ2n) is 8.58. The van der Waals surface area contributed by atoms with E-state index in [-0.39, 0.29) is 6.10 Å². The maximum atomic E-state index is 6.66. The molecule has 0 N–H and O–H groups in total. The molecule has 6 rings (SSSR count). The highest BCUT2D eigenvalue weighted by Gasteiger charge is 2.43. The van der Waals surface area contributed by atoms with Crippen molar-refractivity contribution >= 4 is 10.9 Å². The molecule has 0 amide bonds. The minimum atomic E-state index is -0.0619. The van der Waals surface area contributed by atoms with Crippen LogP contribution in [0.3, 0.4) is 0 Å². The van der Waals surface area contributed by atoms with E-state index < -0.39 is 0 Å².